The number of likely N-dealkylation sites (N-methyl/N-ethyl adjacent to an activating group) is 1. The van der Waals surface area contributed by atoms with Crippen LogP contribution in [0.5, 0.6) is 0 Å². The molecule has 0 saturated carbocycles. The molecule has 1 aliphatic heterocycles. The molecule has 0 aliphatic carbocycles. The first kappa shape index (κ1) is 15.9. The van der Waals surface area contributed by atoms with Gasteiger partial charge in [0.1, 0.15) is 0 Å². The van der Waals surface area contributed by atoms with Crippen LogP contribution in [-0.2, 0) is 0 Å². The van der Waals surface area contributed by atoms with Crippen LogP contribution in [0.2, 0.25) is 0 Å². The van der Waals surface area contributed by atoms with Gasteiger partial charge in [0.05, 0.1) is 0 Å². The minimum absolute atomic E-state index is 0.267. The highest BCUT2D eigenvalue weighted by Crippen LogP contribution is 2.17. The predicted molar refractivity (Wildman–Crippen MR) is 80.1 cm³/mol. The summed E-state index contributed by atoms with van der Waals surface area (Å²) in [6.07, 6.45) is 1.22. The second-order valence-electron chi connectivity index (χ2n) is 6.74. The van der Waals surface area contributed by atoms with Crippen molar-refractivity contribution in [2.75, 3.05) is 39.8 Å². The zero-order valence-electron chi connectivity index (χ0n) is 13.3. The normalized spacial score (nSPS) is 21.5. The lowest BCUT2D eigenvalue weighted by Crippen LogP contribution is -2.58. The molecule has 1 aliphatic rings. The highest BCUT2D eigenvalue weighted by Gasteiger charge is 2.29. The summed E-state index contributed by atoms with van der Waals surface area (Å²) in [5.41, 5.74) is 0.267. The van der Waals surface area contributed by atoms with E-state index in [9.17, 15) is 0 Å². The van der Waals surface area contributed by atoms with Crippen molar-refractivity contribution in [1.82, 2.24) is 15.1 Å². The van der Waals surface area contributed by atoms with Crippen molar-refractivity contribution >= 4 is 0 Å². The number of nitrogens with zero attached hydrogens (tertiary/aromatic N) is 2. The average molecular weight is 255 g/mol. The van der Waals surface area contributed by atoms with Crippen molar-refractivity contribution in [3.8, 4) is 0 Å². The summed E-state index contributed by atoms with van der Waals surface area (Å²) in [5.74, 6) is 0.721. The Morgan fingerprint density at radius 2 is 1.67 bits per heavy atom. The standard InChI is InChI=1S/C15H33N3/c1-7-14(13(2)3)16-12-15(4,5)18-10-8-17(6)9-11-18/h13-14,16H,7-12H2,1-6H3. The highest BCUT2D eigenvalue weighted by atomic mass is 15.3. The zero-order valence-corrected chi connectivity index (χ0v) is 13.3. The predicted octanol–water partition coefficient (Wildman–Crippen LogP) is 2.04. The molecule has 0 amide bonds. The number of nitrogens with one attached hydrogen (secondary N) is 1. The van der Waals surface area contributed by atoms with Gasteiger partial charge >= 0.3 is 0 Å². The first-order chi connectivity index (χ1) is 8.36. The van der Waals surface area contributed by atoms with E-state index >= 15 is 0 Å². The van der Waals surface area contributed by atoms with Crippen LogP contribution in [-0.4, -0.2) is 61.2 Å². The molecule has 1 saturated heterocycles. The molecule has 1 heterocycles. The fourth-order valence-corrected chi connectivity index (χ4v) is 2.76. The highest BCUT2D eigenvalue weighted by molar-refractivity contribution is 4.88. The summed E-state index contributed by atoms with van der Waals surface area (Å²) in [6, 6.07) is 0.650. The van der Waals surface area contributed by atoms with Gasteiger partial charge in [0.2, 0.25) is 0 Å². The Morgan fingerprint density at radius 1 is 1.11 bits per heavy atom. The molecule has 1 atom stereocenters. The van der Waals surface area contributed by atoms with Crippen LogP contribution >= 0.6 is 0 Å². The topological polar surface area (TPSA) is 18.5 Å². The maximum atomic E-state index is 3.76. The fraction of sp³-hybridized carbons (Fsp3) is 1.00. The Labute approximate surface area is 114 Å². The van der Waals surface area contributed by atoms with Gasteiger partial charge in [0.25, 0.3) is 0 Å². The average Bonchev–Trinajstić information content (AvgIpc) is 2.29. The minimum Gasteiger partial charge on any atom is -0.312 e. The van der Waals surface area contributed by atoms with Crippen LogP contribution in [0.3, 0.4) is 0 Å². The van der Waals surface area contributed by atoms with Gasteiger partial charge in [-0.3, -0.25) is 4.90 Å². The summed E-state index contributed by atoms with van der Waals surface area (Å²) in [7, 11) is 2.22. The van der Waals surface area contributed by atoms with Gasteiger partial charge in [-0.15, -0.1) is 0 Å². The zero-order chi connectivity index (χ0) is 13.8. The Hall–Kier alpha value is -0.120. The first-order valence-electron chi connectivity index (χ1n) is 7.53. The van der Waals surface area contributed by atoms with Crippen LogP contribution in [0.1, 0.15) is 41.0 Å². The Bertz CT molecular complexity index is 230. The number of piperazine rings is 1. The van der Waals surface area contributed by atoms with Gasteiger partial charge in [0, 0.05) is 44.3 Å². The molecule has 1 unspecified atom stereocenters. The third-order valence-electron chi connectivity index (χ3n) is 4.40. The molecular weight excluding hydrogens is 222 g/mol. The minimum atomic E-state index is 0.267. The molecule has 3 nitrogen and oxygen atoms in total. The van der Waals surface area contributed by atoms with Gasteiger partial charge in [-0.25, -0.2) is 0 Å². The summed E-state index contributed by atoms with van der Waals surface area (Å²) in [4.78, 5) is 5.05. The molecule has 108 valence electrons. The van der Waals surface area contributed by atoms with Crippen molar-refractivity contribution in [2.45, 2.75) is 52.6 Å². The third-order valence-corrected chi connectivity index (χ3v) is 4.40. The fourth-order valence-electron chi connectivity index (χ4n) is 2.76. The van der Waals surface area contributed by atoms with E-state index in [1.54, 1.807) is 0 Å². The van der Waals surface area contributed by atoms with Crippen LogP contribution in [0.15, 0.2) is 0 Å². The second-order valence-corrected chi connectivity index (χ2v) is 6.74. The third kappa shape index (κ3) is 4.52. The van der Waals surface area contributed by atoms with E-state index in [1.807, 2.05) is 0 Å². The quantitative estimate of drug-likeness (QED) is 0.783. The molecule has 18 heavy (non-hydrogen) atoms. The summed E-state index contributed by atoms with van der Waals surface area (Å²) in [5, 5.41) is 3.76. The summed E-state index contributed by atoms with van der Waals surface area (Å²) >= 11 is 0. The number of hydrogen-bond acceptors (Lipinski definition) is 3. The van der Waals surface area contributed by atoms with Crippen molar-refractivity contribution in [3.63, 3.8) is 0 Å². The number of hydrogen-bond donors (Lipinski definition) is 1. The van der Waals surface area contributed by atoms with E-state index < -0.39 is 0 Å². The molecule has 0 aromatic carbocycles. The first-order valence-corrected chi connectivity index (χ1v) is 7.53. The molecule has 0 aromatic rings. The van der Waals surface area contributed by atoms with E-state index in [4.69, 9.17) is 0 Å². The molecule has 3 heteroatoms. The van der Waals surface area contributed by atoms with Crippen LogP contribution in [0, 0.1) is 5.92 Å². The van der Waals surface area contributed by atoms with E-state index in [1.165, 1.54) is 32.6 Å². The van der Waals surface area contributed by atoms with Gasteiger partial charge in [-0.05, 0) is 33.2 Å². The molecule has 0 aromatic heterocycles. The van der Waals surface area contributed by atoms with Crippen molar-refractivity contribution < 1.29 is 0 Å². The lowest BCUT2D eigenvalue weighted by Gasteiger charge is -2.44. The van der Waals surface area contributed by atoms with Gasteiger partial charge in [-0.1, -0.05) is 20.8 Å². The van der Waals surface area contributed by atoms with E-state index in [0.29, 0.717) is 6.04 Å². The molecule has 1 N–H and O–H groups in total. The van der Waals surface area contributed by atoms with Gasteiger partial charge < -0.3 is 10.2 Å². The molecule has 1 rings (SSSR count). The molecule has 0 bridgehead atoms. The SMILES string of the molecule is CCC(NCC(C)(C)N1CCN(C)CC1)C(C)C. The molecule has 1 fully saturated rings. The Kier molecular flexibility index (Phi) is 6.09. The van der Waals surface area contributed by atoms with E-state index in [0.717, 1.165) is 12.5 Å². The molecule has 0 spiro atoms. The van der Waals surface area contributed by atoms with Crippen molar-refractivity contribution in [3.05, 3.63) is 0 Å². The second kappa shape index (κ2) is 6.88. The summed E-state index contributed by atoms with van der Waals surface area (Å²) < 4.78 is 0. The lowest BCUT2D eigenvalue weighted by molar-refractivity contribution is 0.0589. The van der Waals surface area contributed by atoms with Gasteiger partial charge in [-0.2, -0.15) is 0 Å². The largest absolute Gasteiger partial charge is 0.312 e. The lowest BCUT2D eigenvalue weighted by atomic mass is 9.97. The molecule has 0 radical (unpaired) electrons. The maximum Gasteiger partial charge on any atom is 0.0278 e. The molecular formula is C15H33N3. The number of rotatable bonds is 6. The maximum absolute atomic E-state index is 3.76. The smallest absolute Gasteiger partial charge is 0.0278 e. The summed E-state index contributed by atoms with van der Waals surface area (Å²) in [6.45, 7) is 17.5. The van der Waals surface area contributed by atoms with Crippen LogP contribution in [0.25, 0.3) is 0 Å². The monoisotopic (exact) mass is 255 g/mol. The Balaban J connectivity index is 2.43. The van der Waals surface area contributed by atoms with E-state index in [-0.39, 0.29) is 5.54 Å². The Morgan fingerprint density at radius 3 is 2.11 bits per heavy atom. The van der Waals surface area contributed by atoms with Crippen molar-refractivity contribution in [1.29, 1.82) is 0 Å². The van der Waals surface area contributed by atoms with Crippen LogP contribution < -0.4 is 5.32 Å². The van der Waals surface area contributed by atoms with E-state index in [2.05, 4.69) is 56.8 Å². The van der Waals surface area contributed by atoms with Gasteiger partial charge in [0.15, 0.2) is 0 Å². The van der Waals surface area contributed by atoms with Crippen LogP contribution in [0.4, 0.5) is 0 Å². The van der Waals surface area contributed by atoms with Crippen molar-refractivity contribution in [2.24, 2.45) is 5.92 Å².